The van der Waals surface area contributed by atoms with Gasteiger partial charge < -0.3 is 9.59 Å². The molecule has 1 N–H and O–H groups in total. The molecule has 2 nitrogen and oxygen atoms in total. The number of hydrogen-bond acceptors (Lipinski definition) is 1. The predicted octanol–water partition coefficient (Wildman–Crippen LogP) is 1.02. The van der Waals surface area contributed by atoms with E-state index in [1.54, 1.807) is 0 Å². The molecule has 0 aliphatic heterocycles. The molecule has 0 spiro atoms. The molecule has 0 fully saturated rings. The summed E-state index contributed by atoms with van der Waals surface area (Å²) in [5.41, 5.74) is 0. The number of hydrogen-bond donors (Lipinski definition) is 1. The molecule has 0 bridgehead atoms. The van der Waals surface area contributed by atoms with Crippen LogP contribution in [0.4, 0.5) is 0 Å². The first kappa shape index (κ1) is 10.7. The van der Waals surface area contributed by atoms with E-state index in [-0.39, 0.29) is 6.61 Å². The Bertz CT molecular complexity index is 106. The first-order valence-corrected chi connectivity index (χ1v) is 4.24. The fraction of sp³-hybridized carbons (Fsp3) is 0.778. The van der Waals surface area contributed by atoms with E-state index in [1.807, 2.05) is 6.08 Å². The molecule has 0 saturated heterocycles. The highest BCUT2D eigenvalue weighted by molar-refractivity contribution is 4.65. The van der Waals surface area contributed by atoms with Crippen molar-refractivity contribution >= 4 is 0 Å². The first-order valence-electron chi connectivity index (χ1n) is 4.24. The standard InChI is InChI=1S/C9H20NO/c1-4-6-10(3,7-5-2)8-9-11/h4,11H,1,5-9H2,2-3H3/q+1. The maximum atomic E-state index is 8.81. The van der Waals surface area contributed by atoms with E-state index in [2.05, 4.69) is 20.6 Å². The zero-order valence-corrected chi connectivity index (χ0v) is 7.71. The van der Waals surface area contributed by atoms with Crippen molar-refractivity contribution < 1.29 is 9.59 Å². The number of quaternary nitrogens is 1. The largest absolute Gasteiger partial charge is 0.391 e. The SMILES string of the molecule is C=CC[N+](C)(CCC)CCO. The Morgan fingerprint density at radius 1 is 1.45 bits per heavy atom. The van der Waals surface area contributed by atoms with E-state index in [4.69, 9.17) is 5.11 Å². The Morgan fingerprint density at radius 2 is 2.09 bits per heavy atom. The van der Waals surface area contributed by atoms with Gasteiger partial charge in [0.1, 0.15) is 6.54 Å². The van der Waals surface area contributed by atoms with E-state index in [1.165, 1.54) is 0 Å². The number of aliphatic hydroxyl groups is 1. The van der Waals surface area contributed by atoms with Gasteiger partial charge >= 0.3 is 0 Å². The molecule has 0 amide bonds. The van der Waals surface area contributed by atoms with Gasteiger partial charge in [0.15, 0.2) is 0 Å². The van der Waals surface area contributed by atoms with E-state index >= 15 is 0 Å². The summed E-state index contributed by atoms with van der Waals surface area (Å²) in [7, 11) is 2.15. The maximum absolute atomic E-state index is 8.81. The fourth-order valence-electron chi connectivity index (χ4n) is 1.39. The number of rotatable bonds is 6. The van der Waals surface area contributed by atoms with Gasteiger partial charge in [0.2, 0.25) is 0 Å². The summed E-state index contributed by atoms with van der Waals surface area (Å²) < 4.78 is 0.913. The molecule has 11 heavy (non-hydrogen) atoms. The number of aliphatic hydroxyl groups excluding tert-OH is 1. The molecule has 0 aromatic rings. The zero-order valence-electron chi connectivity index (χ0n) is 7.71. The lowest BCUT2D eigenvalue weighted by atomic mass is 10.3. The average Bonchev–Trinajstić information content (AvgIpc) is 1.88. The second-order valence-corrected chi connectivity index (χ2v) is 3.26. The monoisotopic (exact) mass is 158 g/mol. The van der Waals surface area contributed by atoms with E-state index in [0.29, 0.717) is 0 Å². The van der Waals surface area contributed by atoms with Gasteiger partial charge in [-0.15, -0.1) is 0 Å². The molecular weight excluding hydrogens is 138 g/mol. The van der Waals surface area contributed by atoms with E-state index in [9.17, 15) is 0 Å². The number of nitrogens with zero attached hydrogens (tertiary/aromatic N) is 1. The van der Waals surface area contributed by atoms with Crippen LogP contribution < -0.4 is 0 Å². The van der Waals surface area contributed by atoms with Crippen LogP contribution in [-0.4, -0.2) is 42.9 Å². The lowest BCUT2D eigenvalue weighted by Crippen LogP contribution is -2.46. The van der Waals surface area contributed by atoms with Gasteiger partial charge in [-0.05, 0) is 12.5 Å². The van der Waals surface area contributed by atoms with E-state index in [0.717, 1.165) is 30.5 Å². The molecule has 0 radical (unpaired) electrons. The molecule has 1 atom stereocenters. The van der Waals surface area contributed by atoms with Crippen LogP contribution in [0.1, 0.15) is 13.3 Å². The van der Waals surface area contributed by atoms with Crippen molar-refractivity contribution in [1.29, 1.82) is 0 Å². The highest BCUT2D eigenvalue weighted by Gasteiger charge is 2.16. The maximum Gasteiger partial charge on any atom is 0.102 e. The Labute approximate surface area is 69.7 Å². The molecule has 1 unspecified atom stereocenters. The summed E-state index contributed by atoms with van der Waals surface area (Å²) >= 11 is 0. The molecule has 0 saturated carbocycles. The van der Waals surface area contributed by atoms with E-state index < -0.39 is 0 Å². The van der Waals surface area contributed by atoms with Crippen molar-refractivity contribution in [2.45, 2.75) is 13.3 Å². The van der Waals surface area contributed by atoms with Gasteiger partial charge in [-0.1, -0.05) is 13.5 Å². The van der Waals surface area contributed by atoms with Crippen LogP contribution in [0.2, 0.25) is 0 Å². The summed E-state index contributed by atoms with van der Waals surface area (Å²) in [6, 6.07) is 0. The third kappa shape index (κ3) is 4.17. The fourth-order valence-corrected chi connectivity index (χ4v) is 1.39. The van der Waals surface area contributed by atoms with Gasteiger partial charge in [0.05, 0.1) is 26.7 Å². The predicted molar refractivity (Wildman–Crippen MR) is 48.4 cm³/mol. The molecule has 66 valence electrons. The van der Waals surface area contributed by atoms with Crippen molar-refractivity contribution in [2.75, 3.05) is 33.3 Å². The highest BCUT2D eigenvalue weighted by Crippen LogP contribution is 2.02. The Hall–Kier alpha value is -0.340. The molecule has 0 aliphatic carbocycles. The highest BCUT2D eigenvalue weighted by atomic mass is 16.3. The Balaban J connectivity index is 3.88. The van der Waals surface area contributed by atoms with Crippen molar-refractivity contribution in [2.24, 2.45) is 0 Å². The topological polar surface area (TPSA) is 20.2 Å². The van der Waals surface area contributed by atoms with Crippen molar-refractivity contribution in [3.63, 3.8) is 0 Å². The summed E-state index contributed by atoms with van der Waals surface area (Å²) in [6.07, 6.45) is 3.08. The second-order valence-electron chi connectivity index (χ2n) is 3.26. The van der Waals surface area contributed by atoms with Crippen LogP contribution in [0.15, 0.2) is 12.7 Å². The van der Waals surface area contributed by atoms with Crippen molar-refractivity contribution in [1.82, 2.24) is 0 Å². The van der Waals surface area contributed by atoms with Gasteiger partial charge in [0, 0.05) is 0 Å². The summed E-state index contributed by atoms with van der Waals surface area (Å²) in [6.45, 7) is 9.05. The minimum Gasteiger partial charge on any atom is -0.391 e. The Kier molecular flexibility index (Phi) is 5.16. The minimum absolute atomic E-state index is 0.268. The number of likely N-dealkylation sites (N-methyl/N-ethyl adjacent to an activating group) is 1. The third-order valence-electron chi connectivity index (χ3n) is 1.97. The van der Waals surface area contributed by atoms with Crippen LogP contribution in [-0.2, 0) is 0 Å². The Morgan fingerprint density at radius 3 is 2.45 bits per heavy atom. The van der Waals surface area contributed by atoms with Crippen LogP contribution in [0.25, 0.3) is 0 Å². The molecule has 0 aliphatic rings. The summed E-state index contributed by atoms with van der Waals surface area (Å²) in [5.74, 6) is 0. The zero-order chi connectivity index (χ0) is 8.74. The van der Waals surface area contributed by atoms with Gasteiger partial charge in [0.25, 0.3) is 0 Å². The summed E-state index contributed by atoms with van der Waals surface area (Å²) in [4.78, 5) is 0. The van der Waals surface area contributed by atoms with Crippen molar-refractivity contribution in [3.05, 3.63) is 12.7 Å². The smallest absolute Gasteiger partial charge is 0.102 e. The molecule has 0 heterocycles. The van der Waals surface area contributed by atoms with Crippen LogP contribution in [0.5, 0.6) is 0 Å². The lowest BCUT2D eigenvalue weighted by Gasteiger charge is -2.32. The average molecular weight is 158 g/mol. The van der Waals surface area contributed by atoms with Gasteiger partial charge in [-0.3, -0.25) is 0 Å². The summed E-state index contributed by atoms with van der Waals surface area (Å²) in [5, 5.41) is 8.81. The molecule has 0 aromatic heterocycles. The van der Waals surface area contributed by atoms with Crippen LogP contribution in [0.3, 0.4) is 0 Å². The second kappa shape index (κ2) is 5.33. The normalized spacial score (nSPS) is 15.9. The lowest BCUT2D eigenvalue weighted by molar-refractivity contribution is -0.904. The van der Waals surface area contributed by atoms with Crippen LogP contribution >= 0.6 is 0 Å². The third-order valence-corrected chi connectivity index (χ3v) is 1.97. The van der Waals surface area contributed by atoms with Crippen molar-refractivity contribution in [3.8, 4) is 0 Å². The molecule has 0 aromatic carbocycles. The first-order chi connectivity index (χ1) is 5.18. The molecule has 2 heteroatoms. The molecule has 0 rings (SSSR count). The molecular formula is C9H20NO+. The van der Waals surface area contributed by atoms with Gasteiger partial charge in [-0.25, -0.2) is 0 Å². The van der Waals surface area contributed by atoms with Gasteiger partial charge in [-0.2, -0.15) is 0 Å². The van der Waals surface area contributed by atoms with Crippen LogP contribution in [0, 0.1) is 0 Å². The minimum atomic E-state index is 0.268. The quantitative estimate of drug-likeness (QED) is 0.452.